The number of urea groups is 1. The Balaban J connectivity index is 1.73. The topological polar surface area (TPSA) is 65.5 Å². The number of carbonyl (C=O) groups is 1. The van der Waals surface area contributed by atoms with Gasteiger partial charge in [-0.15, -0.1) is 11.3 Å². The van der Waals surface area contributed by atoms with Crippen molar-refractivity contribution < 1.29 is 9.90 Å². The van der Waals surface area contributed by atoms with Gasteiger partial charge in [-0.2, -0.15) is 0 Å². The molecule has 2 amide bonds. The van der Waals surface area contributed by atoms with E-state index in [0.717, 1.165) is 31.5 Å². The fourth-order valence-corrected chi connectivity index (χ4v) is 2.95. The Labute approximate surface area is 117 Å². The SMILES string of the molecule is CC(O)C1CCCN(C(=O)NCCc2cscn2)C1. The molecule has 0 spiro atoms. The second-order valence-corrected chi connectivity index (χ2v) is 5.77. The van der Waals surface area contributed by atoms with Crippen LogP contribution in [0.2, 0.25) is 0 Å². The number of carbonyl (C=O) groups excluding carboxylic acids is 1. The van der Waals surface area contributed by atoms with Crippen molar-refractivity contribution in [3.63, 3.8) is 0 Å². The molecule has 1 fully saturated rings. The van der Waals surface area contributed by atoms with Crippen molar-refractivity contribution >= 4 is 17.4 Å². The first-order chi connectivity index (χ1) is 9.16. The van der Waals surface area contributed by atoms with E-state index in [9.17, 15) is 9.90 Å². The molecule has 2 rings (SSSR count). The molecule has 1 saturated heterocycles. The third-order valence-corrected chi connectivity index (χ3v) is 4.20. The van der Waals surface area contributed by atoms with Crippen molar-refractivity contribution in [2.24, 2.45) is 5.92 Å². The first-order valence-corrected chi connectivity index (χ1v) is 7.69. The van der Waals surface area contributed by atoms with Gasteiger partial charge in [0, 0.05) is 37.4 Å². The van der Waals surface area contributed by atoms with Crippen molar-refractivity contribution in [3.05, 3.63) is 16.6 Å². The predicted octanol–water partition coefficient (Wildman–Crippen LogP) is 1.49. The Kier molecular flexibility index (Phi) is 5.15. The molecule has 19 heavy (non-hydrogen) atoms. The zero-order valence-electron chi connectivity index (χ0n) is 11.2. The van der Waals surface area contributed by atoms with Gasteiger partial charge in [0.05, 0.1) is 17.3 Å². The van der Waals surface area contributed by atoms with Crippen molar-refractivity contribution in [1.82, 2.24) is 15.2 Å². The molecule has 2 unspecified atom stereocenters. The molecule has 5 nitrogen and oxygen atoms in total. The number of thiazole rings is 1. The molecule has 1 aromatic heterocycles. The Morgan fingerprint density at radius 2 is 2.58 bits per heavy atom. The van der Waals surface area contributed by atoms with Gasteiger partial charge in [0.2, 0.25) is 0 Å². The van der Waals surface area contributed by atoms with Gasteiger partial charge < -0.3 is 15.3 Å². The van der Waals surface area contributed by atoms with Crippen LogP contribution in [0.3, 0.4) is 0 Å². The maximum absolute atomic E-state index is 12.0. The van der Waals surface area contributed by atoms with E-state index >= 15 is 0 Å². The zero-order valence-corrected chi connectivity index (χ0v) is 12.0. The van der Waals surface area contributed by atoms with E-state index in [1.807, 2.05) is 10.3 Å². The van der Waals surface area contributed by atoms with Gasteiger partial charge in [-0.3, -0.25) is 0 Å². The number of aliphatic hydroxyl groups excluding tert-OH is 1. The van der Waals surface area contributed by atoms with Crippen LogP contribution in [-0.2, 0) is 6.42 Å². The number of hydrogen-bond acceptors (Lipinski definition) is 4. The van der Waals surface area contributed by atoms with Crippen LogP contribution in [0.25, 0.3) is 0 Å². The van der Waals surface area contributed by atoms with Gasteiger partial charge in [0.15, 0.2) is 0 Å². The molecular formula is C13H21N3O2S. The summed E-state index contributed by atoms with van der Waals surface area (Å²) in [5.41, 5.74) is 2.82. The Morgan fingerprint density at radius 3 is 3.26 bits per heavy atom. The molecule has 0 bridgehead atoms. The van der Waals surface area contributed by atoms with Gasteiger partial charge in [-0.25, -0.2) is 9.78 Å². The number of nitrogens with one attached hydrogen (secondary N) is 1. The minimum absolute atomic E-state index is 0.0272. The van der Waals surface area contributed by atoms with Gasteiger partial charge >= 0.3 is 6.03 Å². The molecule has 2 N–H and O–H groups in total. The number of aromatic nitrogens is 1. The number of likely N-dealkylation sites (tertiary alicyclic amines) is 1. The highest BCUT2D eigenvalue weighted by molar-refractivity contribution is 7.07. The molecule has 6 heteroatoms. The fourth-order valence-electron chi connectivity index (χ4n) is 2.36. The van der Waals surface area contributed by atoms with Crippen LogP contribution >= 0.6 is 11.3 Å². The van der Waals surface area contributed by atoms with E-state index in [2.05, 4.69) is 10.3 Å². The lowest BCUT2D eigenvalue weighted by atomic mass is 9.94. The molecule has 0 saturated carbocycles. The lowest BCUT2D eigenvalue weighted by Gasteiger charge is -2.34. The normalized spacial score (nSPS) is 21.2. The fraction of sp³-hybridized carbons (Fsp3) is 0.692. The quantitative estimate of drug-likeness (QED) is 0.880. The summed E-state index contributed by atoms with van der Waals surface area (Å²) in [5, 5.41) is 14.5. The average molecular weight is 283 g/mol. The monoisotopic (exact) mass is 283 g/mol. The summed E-state index contributed by atoms with van der Waals surface area (Å²) in [6.07, 6.45) is 2.39. The zero-order chi connectivity index (χ0) is 13.7. The molecule has 0 aromatic carbocycles. The van der Waals surface area contributed by atoms with E-state index in [1.165, 1.54) is 0 Å². The number of hydrogen-bond donors (Lipinski definition) is 2. The molecule has 2 heterocycles. The van der Waals surface area contributed by atoms with Crippen LogP contribution in [0, 0.1) is 5.92 Å². The number of aliphatic hydroxyl groups is 1. The third-order valence-electron chi connectivity index (χ3n) is 3.57. The van der Waals surface area contributed by atoms with Crippen LogP contribution in [-0.4, -0.2) is 46.8 Å². The van der Waals surface area contributed by atoms with Crippen molar-refractivity contribution in [3.8, 4) is 0 Å². The Bertz CT molecular complexity index is 395. The maximum Gasteiger partial charge on any atom is 0.317 e. The highest BCUT2D eigenvalue weighted by Gasteiger charge is 2.26. The molecule has 0 radical (unpaired) electrons. The molecule has 1 aliphatic heterocycles. The summed E-state index contributed by atoms with van der Waals surface area (Å²) in [6, 6.07) is -0.0272. The lowest BCUT2D eigenvalue weighted by Crippen LogP contribution is -2.47. The van der Waals surface area contributed by atoms with E-state index < -0.39 is 0 Å². The van der Waals surface area contributed by atoms with Crippen molar-refractivity contribution in [2.75, 3.05) is 19.6 Å². The van der Waals surface area contributed by atoms with Crippen LogP contribution < -0.4 is 5.32 Å². The molecule has 2 atom stereocenters. The van der Waals surface area contributed by atoms with E-state index in [1.54, 1.807) is 23.8 Å². The van der Waals surface area contributed by atoms with Gasteiger partial charge in [0.25, 0.3) is 0 Å². The number of amides is 2. The number of piperidine rings is 1. The number of rotatable bonds is 4. The third kappa shape index (κ3) is 4.18. The van der Waals surface area contributed by atoms with Crippen molar-refractivity contribution in [2.45, 2.75) is 32.3 Å². The minimum atomic E-state index is -0.342. The molecular weight excluding hydrogens is 262 g/mol. The summed E-state index contributed by atoms with van der Waals surface area (Å²) < 4.78 is 0. The molecule has 106 valence electrons. The van der Waals surface area contributed by atoms with Gasteiger partial charge in [-0.05, 0) is 19.8 Å². The number of nitrogens with zero attached hydrogens (tertiary/aromatic N) is 2. The summed E-state index contributed by atoms with van der Waals surface area (Å²) >= 11 is 1.57. The van der Waals surface area contributed by atoms with E-state index in [4.69, 9.17) is 0 Å². The van der Waals surface area contributed by atoms with Crippen LogP contribution in [0.1, 0.15) is 25.5 Å². The maximum atomic E-state index is 12.0. The lowest BCUT2D eigenvalue weighted by molar-refractivity contribution is 0.0740. The van der Waals surface area contributed by atoms with Crippen LogP contribution in [0.4, 0.5) is 4.79 Å². The van der Waals surface area contributed by atoms with Crippen molar-refractivity contribution in [1.29, 1.82) is 0 Å². The first kappa shape index (κ1) is 14.3. The largest absolute Gasteiger partial charge is 0.393 e. The second kappa shape index (κ2) is 6.86. The molecule has 0 aliphatic carbocycles. The molecule has 1 aliphatic rings. The Hall–Kier alpha value is -1.14. The van der Waals surface area contributed by atoms with Gasteiger partial charge in [-0.1, -0.05) is 0 Å². The highest BCUT2D eigenvalue weighted by atomic mass is 32.1. The van der Waals surface area contributed by atoms with E-state index in [0.29, 0.717) is 13.1 Å². The summed E-state index contributed by atoms with van der Waals surface area (Å²) in [7, 11) is 0. The molecule has 1 aromatic rings. The van der Waals surface area contributed by atoms with Crippen LogP contribution in [0.15, 0.2) is 10.9 Å². The summed E-state index contributed by atoms with van der Waals surface area (Å²) in [6.45, 7) is 3.85. The summed E-state index contributed by atoms with van der Waals surface area (Å²) in [4.78, 5) is 18.0. The van der Waals surface area contributed by atoms with Gasteiger partial charge in [0.1, 0.15) is 0 Å². The standard InChI is InChI=1S/C13H21N3O2S/c1-10(17)11-3-2-6-16(7-11)13(18)14-5-4-12-8-19-9-15-12/h8-11,17H,2-7H2,1H3,(H,14,18). The summed E-state index contributed by atoms with van der Waals surface area (Å²) in [5.74, 6) is 0.207. The predicted molar refractivity (Wildman–Crippen MR) is 75.2 cm³/mol. The first-order valence-electron chi connectivity index (χ1n) is 6.74. The average Bonchev–Trinajstić information content (AvgIpc) is 2.92. The second-order valence-electron chi connectivity index (χ2n) is 5.05. The Morgan fingerprint density at radius 1 is 1.74 bits per heavy atom. The minimum Gasteiger partial charge on any atom is -0.393 e. The smallest absolute Gasteiger partial charge is 0.317 e. The highest BCUT2D eigenvalue weighted by Crippen LogP contribution is 2.19. The van der Waals surface area contributed by atoms with Crippen LogP contribution in [0.5, 0.6) is 0 Å². The van der Waals surface area contributed by atoms with E-state index in [-0.39, 0.29) is 18.1 Å².